The summed E-state index contributed by atoms with van der Waals surface area (Å²) in [5, 5.41) is 3.09. The molecule has 6 heteroatoms. The molecule has 0 saturated heterocycles. The van der Waals surface area contributed by atoms with Crippen LogP contribution < -0.4 is 5.32 Å². The van der Waals surface area contributed by atoms with E-state index in [1.165, 1.54) is 6.08 Å². The molecule has 1 aliphatic carbocycles. The number of nitrogens with one attached hydrogen (secondary N) is 1. The van der Waals surface area contributed by atoms with E-state index in [1.54, 1.807) is 13.8 Å². The van der Waals surface area contributed by atoms with Crippen LogP contribution in [0.5, 0.6) is 0 Å². The molecule has 0 heterocycles. The van der Waals surface area contributed by atoms with E-state index >= 15 is 0 Å². The van der Waals surface area contributed by atoms with E-state index in [0.717, 1.165) is 37.0 Å². The fraction of sp³-hybridized carbons (Fsp3) is 0.393. The first-order valence-corrected chi connectivity index (χ1v) is 11.2. The van der Waals surface area contributed by atoms with E-state index in [9.17, 15) is 22.0 Å². The maximum atomic E-state index is 13.9. The van der Waals surface area contributed by atoms with E-state index in [1.807, 2.05) is 6.92 Å². The Labute approximate surface area is 199 Å². The van der Waals surface area contributed by atoms with Crippen LogP contribution in [0, 0.1) is 17.5 Å². The molecule has 0 aliphatic heterocycles. The van der Waals surface area contributed by atoms with Crippen LogP contribution in [-0.4, -0.2) is 11.5 Å². The van der Waals surface area contributed by atoms with Crippen LogP contribution in [0.2, 0.25) is 0 Å². The minimum atomic E-state index is -2.78. The first-order chi connectivity index (χ1) is 15.8. The quantitative estimate of drug-likeness (QED) is 0.117. The first kappa shape index (κ1) is 27.4. The van der Waals surface area contributed by atoms with E-state index in [-0.39, 0.29) is 5.56 Å². The lowest BCUT2D eigenvalue weighted by molar-refractivity contribution is -0.115. The highest BCUT2D eigenvalue weighted by molar-refractivity contribution is 5.74. The molecule has 2 rings (SSSR count). The molecule has 0 amide bonds. The average molecular weight is 478 g/mol. The van der Waals surface area contributed by atoms with Gasteiger partial charge in [0.1, 0.15) is 0 Å². The molecule has 1 saturated carbocycles. The summed E-state index contributed by atoms with van der Waals surface area (Å²) < 4.78 is 68.6. The summed E-state index contributed by atoms with van der Waals surface area (Å²) in [4.78, 5) is 0. The van der Waals surface area contributed by atoms with Gasteiger partial charge in [-0.3, -0.25) is 0 Å². The third-order valence-electron chi connectivity index (χ3n) is 6.38. The summed E-state index contributed by atoms with van der Waals surface area (Å²) in [7, 11) is 0. The maximum absolute atomic E-state index is 13.9. The molecule has 0 unspecified atom stereocenters. The van der Waals surface area contributed by atoms with E-state index < -0.39 is 41.8 Å². The van der Waals surface area contributed by atoms with Crippen molar-refractivity contribution in [3.63, 3.8) is 0 Å². The molecule has 0 spiro atoms. The van der Waals surface area contributed by atoms with Gasteiger partial charge in [-0.05, 0) is 68.0 Å². The lowest BCUT2D eigenvalue weighted by Crippen LogP contribution is -2.59. The van der Waals surface area contributed by atoms with Crippen LogP contribution in [0.1, 0.15) is 65.4 Å². The Morgan fingerprint density at radius 1 is 1.12 bits per heavy atom. The van der Waals surface area contributed by atoms with Gasteiger partial charge in [0.15, 0.2) is 17.5 Å². The normalized spacial score (nSPS) is 17.6. The number of allylic oxidation sites excluding steroid dienone is 4. The zero-order valence-electron chi connectivity index (χ0n) is 20.3. The van der Waals surface area contributed by atoms with E-state index in [2.05, 4.69) is 37.7 Å². The molecule has 1 aliphatic rings. The Kier molecular flexibility index (Phi) is 8.54. The maximum Gasteiger partial charge on any atom is 0.253 e. The summed E-state index contributed by atoms with van der Waals surface area (Å²) in [6.45, 7) is 19.1. The van der Waals surface area contributed by atoms with Gasteiger partial charge < -0.3 is 5.32 Å². The summed E-state index contributed by atoms with van der Waals surface area (Å²) >= 11 is 0. The molecule has 184 valence electrons. The van der Waals surface area contributed by atoms with Crippen LogP contribution in [0.15, 0.2) is 71.7 Å². The molecule has 1 aromatic rings. The standard InChI is InChI=1S/C28H32F5N/c1-8-11-12-17(4)25(19(6)18(5)21-13-22(29)26(31)23(30)14-21)20(7)24(9-2)34-27(10-3)15-28(32,33)16-27/h10,13-14,34H,2-3,7-8,11-12,15-16H2,1,4-6H3/b19-18+,25-17-. The number of unbranched alkanes of at least 4 members (excludes halogenated alkanes) is 1. The second kappa shape index (κ2) is 10.6. The molecule has 0 aromatic heterocycles. The van der Waals surface area contributed by atoms with Crippen LogP contribution in [0.4, 0.5) is 22.0 Å². The molecule has 1 aromatic carbocycles. The van der Waals surface area contributed by atoms with Crippen LogP contribution >= 0.6 is 0 Å². The molecule has 0 bridgehead atoms. The van der Waals surface area contributed by atoms with Crippen molar-refractivity contribution in [3.05, 3.63) is 94.7 Å². The predicted octanol–water partition coefficient (Wildman–Crippen LogP) is 8.57. The summed E-state index contributed by atoms with van der Waals surface area (Å²) in [5.74, 6) is -6.86. The smallest absolute Gasteiger partial charge is 0.253 e. The van der Waals surface area contributed by atoms with Gasteiger partial charge in [-0.2, -0.15) is 0 Å². The van der Waals surface area contributed by atoms with Gasteiger partial charge in [-0.15, -0.1) is 12.3 Å². The highest BCUT2D eigenvalue weighted by atomic mass is 19.3. The van der Waals surface area contributed by atoms with Gasteiger partial charge in [0.05, 0.1) is 11.2 Å². The van der Waals surface area contributed by atoms with Crippen molar-refractivity contribution in [2.75, 3.05) is 0 Å². The van der Waals surface area contributed by atoms with E-state index in [0.29, 0.717) is 28.0 Å². The van der Waals surface area contributed by atoms with Crippen LogP contribution in [0.3, 0.4) is 0 Å². The van der Waals surface area contributed by atoms with Gasteiger partial charge in [-0.25, -0.2) is 22.0 Å². The third kappa shape index (κ3) is 5.79. The number of alkyl halides is 2. The lowest BCUT2D eigenvalue weighted by atomic mass is 9.73. The minimum Gasteiger partial charge on any atom is -0.369 e. The van der Waals surface area contributed by atoms with E-state index in [4.69, 9.17) is 0 Å². The fourth-order valence-corrected chi connectivity index (χ4v) is 4.30. The number of halogens is 5. The first-order valence-electron chi connectivity index (χ1n) is 11.2. The predicted molar refractivity (Wildman–Crippen MR) is 129 cm³/mol. The number of hydrogen-bond donors (Lipinski definition) is 1. The zero-order valence-corrected chi connectivity index (χ0v) is 20.3. The Morgan fingerprint density at radius 3 is 2.12 bits per heavy atom. The van der Waals surface area contributed by atoms with Gasteiger partial charge >= 0.3 is 0 Å². The highest BCUT2D eigenvalue weighted by Gasteiger charge is 2.55. The Bertz CT molecular complexity index is 1070. The second-order valence-corrected chi connectivity index (χ2v) is 8.99. The number of hydrogen-bond acceptors (Lipinski definition) is 1. The van der Waals surface area contributed by atoms with Crippen LogP contribution in [-0.2, 0) is 0 Å². The molecule has 1 nitrogen and oxygen atoms in total. The molecule has 1 fully saturated rings. The van der Waals surface area contributed by atoms with Crippen molar-refractivity contribution in [1.82, 2.24) is 5.32 Å². The molecule has 0 atom stereocenters. The zero-order chi connectivity index (χ0) is 25.8. The fourth-order valence-electron chi connectivity index (χ4n) is 4.30. The average Bonchev–Trinajstić information content (AvgIpc) is 2.76. The molecule has 1 N–H and O–H groups in total. The summed E-state index contributed by atoms with van der Waals surface area (Å²) in [6.07, 6.45) is 3.23. The number of benzene rings is 1. The summed E-state index contributed by atoms with van der Waals surface area (Å²) in [6, 6.07) is 1.90. The van der Waals surface area contributed by atoms with Crippen molar-refractivity contribution in [2.45, 2.75) is 71.3 Å². The highest BCUT2D eigenvalue weighted by Crippen LogP contribution is 2.47. The largest absolute Gasteiger partial charge is 0.369 e. The summed E-state index contributed by atoms with van der Waals surface area (Å²) in [5.41, 5.74) is 5.66. The molecule has 0 radical (unpaired) electrons. The van der Waals surface area contributed by atoms with Crippen molar-refractivity contribution >= 4 is 5.57 Å². The minimum absolute atomic E-state index is 0.195. The topological polar surface area (TPSA) is 12.0 Å². The second-order valence-electron chi connectivity index (χ2n) is 8.99. The SMILES string of the molecule is C=C=C(NC1(C=C)CC(F)(F)C1)C(=C)C(=C(/C)CCCC)/C(C)=C(\C)c1cc(F)c(F)c(F)c1. The molecular weight excluding hydrogens is 445 g/mol. The number of rotatable bonds is 10. The Hall–Kier alpha value is -2.85. The van der Waals surface area contributed by atoms with Gasteiger partial charge in [0.2, 0.25) is 0 Å². The third-order valence-corrected chi connectivity index (χ3v) is 6.38. The molecular formula is C28H32F5N. The van der Waals surface area contributed by atoms with Gasteiger partial charge in [0.25, 0.3) is 5.92 Å². The van der Waals surface area contributed by atoms with Crippen molar-refractivity contribution in [2.24, 2.45) is 0 Å². The van der Waals surface area contributed by atoms with Crippen molar-refractivity contribution in [1.29, 1.82) is 0 Å². The van der Waals surface area contributed by atoms with Crippen LogP contribution in [0.25, 0.3) is 5.57 Å². The monoisotopic (exact) mass is 477 g/mol. The Balaban J connectivity index is 2.56. The van der Waals surface area contributed by atoms with Crippen molar-refractivity contribution < 1.29 is 22.0 Å². The lowest BCUT2D eigenvalue weighted by Gasteiger charge is -2.46. The van der Waals surface area contributed by atoms with Gasteiger partial charge in [-0.1, -0.05) is 38.2 Å². The van der Waals surface area contributed by atoms with Gasteiger partial charge in [0, 0.05) is 18.4 Å². The Morgan fingerprint density at radius 2 is 1.68 bits per heavy atom. The van der Waals surface area contributed by atoms with Crippen molar-refractivity contribution in [3.8, 4) is 0 Å². The molecule has 34 heavy (non-hydrogen) atoms.